The predicted octanol–water partition coefficient (Wildman–Crippen LogP) is 4.12. The summed E-state index contributed by atoms with van der Waals surface area (Å²) < 4.78 is 23.6. The van der Waals surface area contributed by atoms with E-state index in [1.54, 1.807) is 0 Å². The van der Waals surface area contributed by atoms with E-state index in [-0.39, 0.29) is 18.7 Å². The minimum absolute atomic E-state index is 0.140. The number of amides is 1. The number of allylic oxidation sites excluding steroid dienone is 1. The van der Waals surface area contributed by atoms with E-state index in [2.05, 4.69) is 25.0 Å². The summed E-state index contributed by atoms with van der Waals surface area (Å²) in [7, 11) is -1.32. The van der Waals surface area contributed by atoms with E-state index in [1.807, 2.05) is 24.3 Å². The molecule has 5 heteroatoms. The molecule has 0 heterocycles. The van der Waals surface area contributed by atoms with Gasteiger partial charge in [0.25, 0.3) is 6.08 Å². The molecule has 0 spiro atoms. The maximum Gasteiger partial charge on any atom is 0.266 e. The summed E-state index contributed by atoms with van der Waals surface area (Å²) >= 11 is 0. The van der Waals surface area contributed by atoms with Crippen LogP contribution in [0.25, 0.3) is 0 Å². The lowest BCUT2D eigenvalue weighted by Gasteiger charge is -2.16. The second kappa shape index (κ2) is 7.33. The van der Waals surface area contributed by atoms with Crippen molar-refractivity contribution in [3.8, 4) is 0 Å². The van der Waals surface area contributed by atoms with Gasteiger partial charge in [-0.25, -0.2) is 0 Å². The molecule has 0 atom stereocenters. The van der Waals surface area contributed by atoms with Crippen LogP contribution in [0.2, 0.25) is 19.6 Å². The molecule has 0 bridgehead atoms. The van der Waals surface area contributed by atoms with Crippen molar-refractivity contribution in [1.29, 1.82) is 0 Å². The van der Waals surface area contributed by atoms with Crippen molar-refractivity contribution in [3.63, 3.8) is 0 Å². The smallest absolute Gasteiger partial charge is 0.266 e. The Morgan fingerprint density at radius 1 is 1.20 bits per heavy atom. The highest BCUT2D eigenvalue weighted by atomic mass is 28.3. The molecule has 1 aromatic carbocycles. The monoisotopic (exact) mass is 297 g/mol. The van der Waals surface area contributed by atoms with Crippen molar-refractivity contribution >= 4 is 24.9 Å². The van der Waals surface area contributed by atoms with Crippen LogP contribution >= 0.6 is 0 Å². The molecule has 2 nitrogen and oxygen atoms in total. The van der Waals surface area contributed by atoms with E-state index in [1.165, 1.54) is 5.19 Å². The van der Waals surface area contributed by atoms with Crippen molar-refractivity contribution in [3.05, 3.63) is 36.4 Å². The van der Waals surface area contributed by atoms with Crippen molar-refractivity contribution in [1.82, 2.24) is 0 Å². The van der Waals surface area contributed by atoms with E-state index < -0.39 is 14.2 Å². The summed E-state index contributed by atoms with van der Waals surface area (Å²) in [6.45, 7) is 6.79. The Morgan fingerprint density at radius 2 is 1.80 bits per heavy atom. The highest BCUT2D eigenvalue weighted by Gasteiger charge is 2.15. The lowest BCUT2D eigenvalue weighted by Crippen LogP contribution is -2.37. The third-order valence-corrected chi connectivity index (χ3v) is 5.01. The number of benzene rings is 1. The maximum absolute atomic E-state index is 11.8. The minimum Gasteiger partial charge on any atom is -0.326 e. The van der Waals surface area contributed by atoms with Gasteiger partial charge in [-0.05, 0) is 31.1 Å². The summed E-state index contributed by atoms with van der Waals surface area (Å²) in [5.74, 6) is -0.140. The van der Waals surface area contributed by atoms with Crippen LogP contribution in [-0.4, -0.2) is 14.0 Å². The number of carbonyl (C=O) groups is 1. The quantitative estimate of drug-likeness (QED) is 0.621. The van der Waals surface area contributed by atoms with Gasteiger partial charge in [-0.3, -0.25) is 4.79 Å². The molecule has 0 unspecified atom stereocenters. The van der Waals surface area contributed by atoms with Gasteiger partial charge in [0.2, 0.25) is 5.91 Å². The van der Waals surface area contributed by atoms with E-state index in [0.29, 0.717) is 6.42 Å². The third-order valence-electron chi connectivity index (χ3n) is 2.94. The molecule has 1 aromatic rings. The lowest BCUT2D eigenvalue weighted by atomic mass is 10.2. The number of rotatable bonds is 6. The van der Waals surface area contributed by atoms with Crippen LogP contribution in [0.15, 0.2) is 36.4 Å². The van der Waals surface area contributed by atoms with Gasteiger partial charge in [-0.1, -0.05) is 37.0 Å². The molecule has 0 radical (unpaired) electrons. The number of anilines is 1. The van der Waals surface area contributed by atoms with Crippen molar-refractivity contribution in [2.75, 3.05) is 5.32 Å². The SMILES string of the molecule is C[Si](C)(C)c1ccc(NC(=O)CCCC=C(F)F)cc1. The van der Waals surface area contributed by atoms with Crippen LogP contribution < -0.4 is 10.5 Å². The van der Waals surface area contributed by atoms with Gasteiger partial charge in [0.15, 0.2) is 0 Å². The van der Waals surface area contributed by atoms with Crippen LogP contribution in [0.1, 0.15) is 19.3 Å². The molecule has 110 valence electrons. The van der Waals surface area contributed by atoms with Crippen LogP contribution in [0.4, 0.5) is 14.5 Å². The van der Waals surface area contributed by atoms with Crippen molar-refractivity contribution < 1.29 is 13.6 Å². The number of unbranched alkanes of at least 4 members (excludes halogenated alkanes) is 1. The normalized spacial score (nSPS) is 11.1. The molecular formula is C15H21F2NOSi. The largest absolute Gasteiger partial charge is 0.326 e. The fraction of sp³-hybridized carbons (Fsp3) is 0.400. The summed E-state index contributed by atoms with van der Waals surface area (Å²) in [5, 5.41) is 4.11. The number of carbonyl (C=O) groups excluding carboxylic acids is 1. The van der Waals surface area contributed by atoms with E-state index >= 15 is 0 Å². The van der Waals surface area contributed by atoms with Crippen molar-refractivity contribution in [2.45, 2.75) is 38.9 Å². The fourth-order valence-corrected chi connectivity index (χ4v) is 2.92. The van der Waals surface area contributed by atoms with E-state index in [0.717, 1.165) is 11.8 Å². The number of hydrogen-bond acceptors (Lipinski definition) is 1. The fourth-order valence-electron chi connectivity index (χ4n) is 1.75. The van der Waals surface area contributed by atoms with Crippen LogP contribution in [0.5, 0.6) is 0 Å². The zero-order chi connectivity index (χ0) is 15.2. The van der Waals surface area contributed by atoms with Gasteiger partial charge >= 0.3 is 0 Å². The first kappa shape index (κ1) is 16.6. The molecule has 20 heavy (non-hydrogen) atoms. The zero-order valence-electron chi connectivity index (χ0n) is 12.2. The Bertz CT molecular complexity index is 474. The van der Waals surface area contributed by atoms with E-state index in [4.69, 9.17) is 0 Å². The molecule has 0 aliphatic carbocycles. The summed E-state index contributed by atoms with van der Waals surface area (Å²) in [5.41, 5.74) is 0.754. The molecule has 1 rings (SSSR count). The predicted molar refractivity (Wildman–Crippen MR) is 82.2 cm³/mol. The zero-order valence-corrected chi connectivity index (χ0v) is 13.2. The first-order valence-electron chi connectivity index (χ1n) is 6.70. The topological polar surface area (TPSA) is 29.1 Å². The molecule has 0 aromatic heterocycles. The third kappa shape index (κ3) is 6.10. The maximum atomic E-state index is 11.8. The number of nitrogens with one attached hydrogen (secondary N) is 1. The van der Waals surface area contributed by atoms with Crippen LogP contribution in [-0.2, 0) is 4.79 Å². The van der Waals surface area contributed by atoms with Gasteiger partial charge in [-0.2, -0.15) is 8.78 Å². The average Bonchev–Trinajstić information content (AvgIpc) is 2.34. The first-order chi connectivity index (χ1) is 9.29. The number of hydrogen-bond donors (Lipinski definition) is 1. The van der Waals surface area contributed by atoms with Gasteiger partial charge in [-0.15, -0.1) is 0 Å². The molecule has 0 fully saturated rings. The summed E-state index contributed by atoms with van der Waals surface area (Å²) in [6, 6.07) is 7.88. The Morgan fingerprint density at radius 3 is 2.30 bits per heavy atom. The van der Waals surface area contributed by atoms with Gasteiger partial charge in [0.1, 0.15) is 0 Å². The van der Waals surface area contributed by atoms with Gasteiger partial charge in [0.05, 0.1) is 8.07 Å². The average molecular weight is 297 g/mol. The molecular weight excluding hydrogens is 276 g/mol. The minimum atomic E-state index is -1.69. The summed E-state index contributed by atoms with van der Waals surface area (Å²) in [4.78, 5) is 11.6. The lowest BCUT2D eigenvalue weighted by molar-refractivity contribution is -0.116. The number of halogens is 2. The van der Waals surface area contributed by atoms with Gasteiger partial charge < -0.3 is 5.32 Å². The Balaban J connectivity index is 2.44. The van der Waals surface area contributed by atoms with Crippen molar-refractivity contribution in [2.24, 2.45) is 0 Å². The second-order valence-corrected chi connectivity index (χ2v) is 10.8. The van der Waals surface area contributed by atoms with Crippen LogP contribution in [0, 0.1) is 0 Å². The second-order valence-electron chi connectivity index (χ2n) is 5.76. The van der Waals surface area contributed by atoms with Gasteiger partial charge in [0, 0.05) is 12.1 Å². The molecule has 0 saturated heterocycles. The highest BCUT2D eigenvalue weighted by molar-refractivity contribution is 6.88. The Hall–Kier alpha value is -1.49. The molecule has 0 aliphatic heterocycles. The Kier molecular flexibility index (Phi) is 6.07. The molecule has 1 amide bonds. The molecule has 0 saturated carbocycles. The first-order valence-corrected chi connectivity index (χ1v) is 10.2. The van der Waals surface area contributed by atoms with Crippen LogP contribution in [0.3, 0.4) is 0 Å². The standard InChI is InChI=1S/C15H21F2NOSi/c1-20(2,3)13-10-8-12(9-11-13)18-15(19)7-5-4-6-14(16)17/h6,8-11H,4-5,7H2,1-3H3,(H,18,19). The molecule has 0 aliphatic rings. The van der Waals surface area contributed by atoms with E-state index in [9.17, 15) is 13.6 Å². The Labute approximate surface area is 119 Å². The highest BCUT2D eigenvalue weighted by Crippen LogP contribution is 2.10. The summed E-state index contributed by atoms with van der Waals surface area (Å²) in [6.07, 6.45) is 0.0584. The molecule has 1 N–H and O–H groups in total.